The van der Waals surface area contributed by atoms with Crippen molar-refractivity contribution in [3.63, 3.8) is 0 Å². The topological polar surface area (TPSA) is 117 Å². The lowest BCUT2D eigenvalue weighted by atomic mass is 10.2. The molecule has 0 amide bonds. The molecule has 0 bridgehead atoms. The van der Waals surface area contributed by atoms with Crippen LogP contribution in [0.4, 0.5) is 0 Å². The van der Waals surface area contributed by atoms with Crippen LogP contribution in [-0.2, 0) is 18.0 Å². The Hall–Kier alpha value is -5.64. The molecule has 10 heteroatoms. The highest BCUT2D eigenvalue weighted by atomic mass is 16.5. The molecule has 42 heavy (non-hydrogen) atoms. The van der Waals surface area contributed by atoms with E-state index < -0.39 is 11.9 Å². The number of carboxylic acid groups (broad SMARTS) is 1. The molecule has 4 aromatic heterocycles. The van der Waals surface area contributed by atoms with Gasteiger partial charge in [-0.05, 0) is 42.3 Å². The van der Waals surface area contributed by atoms with E-state index in [0.29, 0.717) is 48.3 Å². The van der Waals surface area contributed by atoms with E-state index in [2.05, 4.69) is 9.97 Å². The van der Waals surface area contributed by atoms with Crippen LogP contribution in [0.2, 0.25) is 0 Å². The average molecular weight is 565 g/mol. The molecule has 212 valence electrons. The molecule has 2 aromatic carbocycles. The summed E-state index contributed by atoms with van der Waals surface area (Å²) in [5.41, 5.74) is 3.70. The average Bonchev–Trinajstić information content (AvgIpc) is 3.69. The predicted molar refractivity (Wildman–Crippen MR) is 155 cm³/mol. The number of rotatable bonds is 9. The van der Waals surface area contributed by atoms with E-state index >= 15 is 0 Å². The first-order valence-electron chi connectivity index (χ1n) is 13.2. The molecule has 0 saturated carbocycles. The molecule has 0 radical (unpaired) electrons. The lowest BCUT2D eigenvalue weighted by Gasteiger charge is -2.12. The molecule has 6 rings (SSSR count). The largest absolute Gasteiger partial charge is 0.486 e. The van der Waals surface area contributed by atoms with Crippen LogP contribution in [0.5, 0.6) is 11.5 Å². The fourth-order valence-electron chi connectivity index (χ4n) is 4.26. The standard InChI is InChI=1S/C17H16N2O3.C15H12N2O3/c1-2-21-17(20)16-14(8-9-15-18-10-11-19(15)16)22-12-13-6-4-3-5-7-13;18-15(19)14-12(6-7-13-16-8-9-17(13)14)20-10-11-4-2-1-3-5-11/h3-11H,2,12H2,1H3;1-9H,10H2,(H,18,19). The molecule has 0 aliphatic carbocycles. The molecule has 0 aliphatic rings. The van der Waals surface area contributed by atoms with Crippen molar-refractivity contribution < 1.29 is 28.9 Å². The molecule has 4 heterocycles. The Bertz CT molecular complexity index is 1800. The van der Waals surface area contributed by atoms with Crippen LogP contribution in [0.25, 0.3) is 11.3 Å². The third kappa shape index (κ3) is 6.39. The van der Waals surface area contributed by atoms with Crippen molar-refractivity contribution in [1.82, 2.24) is 18.8 Å². The Morgan fingerprint density at radius 2 is 1.17 bits per heavy atom. The molecule has 0 saturated heterocycles. The molecule has 0 spiro atoms. The number of carbonyl (C=O) groups excluding carboxylic acids is 1. The number of pyridine rings is 2. The smallest absolute Gasteiger partial charge is 0.359 e. The van der Waals surface area contributed by atoms with Gasteiger partial charge in [0.15, 0.2) is 22.9 Å². The Morgan fingerprint density at radius 1 is 0.690 bits per heavy atom. The van der Waals surface area contributed by atoms with Crippen molar-refractivity contribution in [2.24, 2.45) is 0 Å². The van der Waals surface area contributed by atoms with E-state index in [0.717, 1.165) is 11.1 Å². The van der Waals surface area contributed by atoms with E-state index in [9.17, 15) is 14.7 Å². The molecule has 6 aromatic rings. The highest BCUT2D eigenvalue weighted by molar-refractivity contribution is 5.91. The van der Waals surface area contributed by atoms with Crippen LogP contribution in [0, 0.1) is 0 Å². The number of imidazole rings is 2. The van der Waals surface area contributed by atoms with Gasteiger partial charge in [-0.15, -0.1) is 0 Å². The summed E-state index contributed by atoms with van der Waals surface area (Å²) in [5.74, 6) is -0.662. The van der Waals surface area contributed by atoms with Crippen molar-refractivity contribution in [1.29, 1.82) is 0 Å². The van der Waals surface area contributed by atoms with E-state index in [1.54, 1.807) is 54.3 Å². The number of esters is 1. The van der Waals surface area contributed by atoms with Gasteiger partial charge >= 0.3 is 11.9 Å². The number of fused-ring (bicyclic) bond motifs is 2. The quantitative estimate of drug-likeness (QED) is 0.222. The number of hydrogen-bond donors (Lipinski definition) is 1. The van der Waals surface area contributed by atoms with Crippen LogP contribution in [-0.4, -0.2) is 42.4 Å². The van der Waals surface area contributed by atoms with Gasteiger partial charge in [0.2, 0.25) is 0 Å². The van der Waals surface area contributed by atoms with Crippen LogP contribution in [0.3, 0.4) is 0 Å². The van der Waals surface area contributed by atoms with E-state index in [1.807, 2.05) is 66.7 Å². The minimum absolute atomic E-state index is 0.0796. The first kappa shape index (κ1) is 27.9. The van der Waals surface area contributed by atoms with Gasteiger partial charge < -0.3 is 19.3 Å². The first-order chi connectivity index (χ1) is 20.5. The second-order valence-corrected chi connectivity index (χ2v) is 8.98. The van der Waals surface area contributed by atoms with Gasteiger partial charge in [-0.1, -0.05) is 60.7 Å². The number of aromatic nitrogens is 4. The fourth-order valence-corrected chi connectivity index (χ4v) is 4.26. The lowest BCUT2D eigenvalue weighted by molar-refractivity contribution is 0.0511. The minimum atomic E-state index is -1.04. The molecular weight excluding hydrogens is 536 g/mol. The summed E-state index contributed by atoms with van der Waals surface area (Å²) in [6.45, 7) is 2.78. The maximum Gasteiger partial charge on any atom is 0.359 e. The number of aromatic carboxylic acids is 1. The van der Waals surface area contributed by atoms with Crippen molar-refractivity contribution in [2.75, 3.05) is 6.61 Å². The van der Waals surface area contributed by atoms with Gasteiger partial charge in [0, 0.05) is 24.8 Å². The fraction of sp³-hybridized carbons (Fsp3) is 0.125. The minimum Gasteiger partial charge on any atom is -0.486 e. The predicted octanol–water partition coefficient (Wildman–Crippen LogP) is 5.70. The second kappa shape index (κ2) is 13.1. The van der Waals surface area contributed by atoms with Gasteiger partial charge in [-0.3, -0.25) is 8.80 Å². The number of benzene rings is 2. The summed E-state index contributed by atoms with van der Waals surface area (Å²) in [5, 5.41) is 9.35. The van der Waals surface area contributed by atoms with Crippen molar-refractivity contribution in [3.05, 3.63) is 132 Å². The summed E-state index contributed by atoms with van der Waals surface area (Å²) in [6.07, 6.45) is 6.52. The van der Waals surface area contributed by atoms with Gasteiger partial charge in [0.05, 0.1) is 6.61 Å². The molecule has 0 aliphatic heterocycles. The van der Waals surface area contributed by atoms with Gasteiger partial charge in [-0.2, -0.15) is 0 Å². The zero-order chi connectivity index (χ0) is 29.3. The van der Waals surface area contributed by atoms with E-state index in [4.69, 9.17) is 14.2 Å². The van der Waals surface area contributed by atoms with Crippen molar-refractivity contribution in [2.45, 2.75) is 20.1 Å². The van der Waals surface area contributed by atoms with Crippen molar-refractivity contribution >= 4 is 23.2 Å². The highest BCUT2D eigenvalue weighted by Crippen LogP contribution is 2.23. The number of ether oxygens (including phenoxy) is 3. The summed E-state index contributed by atoms with van der Waals surface area (Å²) in [7, 11) is 0. The third-order valence-electron chi connectivity index (χ3n) is 6.20. The SMILES string of the molecule is CCOC(=O)c1c(OCc2ccccc2)ccc2nccn12.O=C(O)c1c(OCc2ccccc2)ccc2nccn12. The Labute approximate surface area is 241 Å². The number of hydrogen-bond acceptors (Lipinski definition) is 7. The van der Waals surface area contributed by atoms with Gasteiger partial charge in [-0.25, -0.2) is 19.6 Å². The van der Waals surface area contributed by atoms with Gasteiger partial charge in [0.25, 0.3) is 0 Å². The summed E-state index contributed by atoms with van der Waals surface area (Å²) in [4.78, 5) is 31.9. The van der Waals surface area contributed by atoms with Crippen LogP contribution in [0.1, 0.15) is 39.0 Å². The third-order valence-corrected chi connectivity index (χ3v) is 6.20. The molecular formula is C32H28N4O6. The maximum absolute atomic E-state index is 12.2. The Morgan fingerprint density at radius 3 is 1.64 bits per heavy atom. The maximum atomic E-state index is 12.2. The lowest BCUT2D eigenvalue weighted by Crippen LogP contribution is -2.12. The molecule has 1 N–H and O–H groups in total. The van der Waals surface area contributed by atoms with Gasteiger partial charge in [0.1, 0.15) is 24.5 Å². The van der Waals surface area contributed by atoms with E-state index in [-0.39, 0.29) is 5.69 Å². The normalized spacial score (nSPS) is 10.6. The van der Waals surface area contributed by atoms with Crippen molar-refractivity contribution in [3.8, 4) is 11.5 Å². The number of carboxylic acids is 1. The Balaban J connectivity index is 0.000000169. The van der Waals surface area contributed by atoms with Crippen LogP contribution in [0.15, 0.2) is 110 Å². The molecule has 0 fully saturated rings. The monoisotopic (exact) mass is 564 g/mol. The van der Waals surface area contributed by atoms with Crippen LogP contribution < -0.4 is 9.47 Å². The molecule has 0 unspecified atom stereocenters. The first-order valence-corrected chi connectivity index (χ1v) is 13.2. The Kier molecular flexibility index (Phi) is 8.73. The zero-order valence-corrected chi connectivity index (χ0v) is 22.8. The molecule has 10 nitrogen and oxygen atoms in total. The summed E-state index contributed by atoms with van der Waals surface area (Å²) >= 11 is 0. The van der Waals surface area contributed by atoms with E-state index in [1.165, 1.54) is 4.40 Å². The van der Waals surface area contributed by atoms with Crippen LogP contribution >= 0.6 is 0 Å². The highest BCUT2D eigenvalue weighted by Gasteiger charge is 2.19. The molecule has 0 atom stereocenters. The number of nitrogens with zero attached hydrogens (tertiary/aromatic N) is 4. The summed E-state index contributed by atoms with van der Waals surface area (Å²) in [6, 6.07) is 26.3. The second-order valence-electron chi connectivity index (χ2n) is 8.98. The zero-order valence-electron chi connectivity index (χ0n) is 22.8. The summed E-state index contributed by atoms with van der Waals surface area (Å²) < 4.78 is 19.8. The number of carbonyl (C=O) groups is 2.